The van der Waals surface area contributed by atoms with Gasteiger partial charge in [0.15, 0.2) is 0 Å². The topological polar surface area (TPSA) is 92.3 Å². The number of carbonyl (C=O) groups excluding carboxylic acids is 1. The number of amides is 1. The molecule has 1 aliphatic rings. The van der Waals surface area contributed by atoms with Crippen LogP contribution in [-0.2, 0) is 12.7 Å². The molecule has 186 valence electrons. The molecular formula is C24H23F5N4O2. The molecule has 2 atom stereocenters. The van der Waals surface area contributed by atoms with Crippen molar-refractivity contribution < 1.29 is 31.9 Å². The summed E-state index contributed by atoms with van der Waals surface area (Å²) in [5, 5.41) is 11.0. The lowest BCUT2D eigenvalue weighted by atomic mass is 9.87. The summed E-state index contributed by atoms with van der Waals surface area (Å²) in [6, 6.07) is 6.96. The maximum atomic E-state index is 14.3. The Kier molecular flexibility index (Phi) is 6.39. The third-order valence-corrected chi connectivity index (χ3v) is 6.24. The molecule has 0 aliphatic heterocycles. The van der Waals surface area contributed by atoms with E-state index in [-0.39, 0.29) is 30.6 Å². The summed E-state index contributed by atoms with van der Waals surface area (Å²) < 4.78 is 67.4. The van der Waals surface area contributed by atoms with E-state index in [1.165, 1.54) is 12.1 Å². The lowest BCUT2D eigenvalue weighted by molar-refractivity contribution is -0.158. The molecule has 11 heteroatoms. The first-order chi connectivity index (χ1) is 16.4. The summed E-state index contributed by atoms with van der Waals surface area (Å²) in [4.78, 5) is 22.6. The number of nitrogens with two attached hydrogens (primary N) is 1. The van der Waals surface area contributed by atoms with Crippen LogP contribution in [0.5, 0.6) is 0 Å². The van der Waals surface area contributed by atoms with Gasteiger partial charge in [0, 0.05) is 23.6 Å². The second-order valence-corrected chi connectivity index (χ2v) is 8.73. The first kappa shape index (κ1) is 24.8. The molecule has 0 saturated heterocycles. The fraction of sp³-hybridized carbons (Fsp3) is 0.375. The minimum atomic E-state index is -4.59. The van der Waals surface area contributed by atoms with E-state index in [4.69, 9.17) is 5.73 Å². The minimum absolute atomic E-state index is 0.0681. The van der Waals surface area contributed by atoms with Crippen LogP contribution in [0, 0.1) is 6.92 Å². The number of fused-ring (bicyclic) bond motifs is 1. The number of aliphatic hydroxyl groups is 1. The van der Waals surface area contributed by atoms with Crippen LogP contribution in [0.3, 0.4) is 0 Å². The Labute approximate surface area is 197 Å². The summed E-state index contributed by atoms with van der Waals surface area (Å²) in [5.41, 5.74) is 6.30. The van der Waals surface area contributed by atoms with Gasteiger partial charge in [-0.2, -0.15) is 13.2 Å². The number of nitrogen functional groups attached to an aromatic ring is 1. The predicted octanol–water partition coefficient (Wildman–Crippen LogP) is 4.73. The van der Waals surface area contributed by atoms with Crippen LogP contribution in [0.2, 0.25) is 0 Å². The fourth-order valence-corrected chi connectivity index (χ4v) is 4.26. The van der Waals surface area contributed by atoms with E-state index in [0.717, 1.165) is 17.0 Å². The number of rotatable bonds is 4. The molecule has 6 nitrogen and oxygen atoms in total. The van der Waals surface area contributed by atoms with Gasteiger partial charge >= 0.3 is 6.18 Å². The fourth-order valence-electron chi connectivity index (χ4n) is 4.26. The van der Waals surface area contributed by atoms with Crippen molar-refractivity contribution in [2.75, 3.05) is 5.73 Å². The summed E-state index contributed by atoms with van der Waals surface area (Å²) >= 11 is 0. The van der Waals surface area contributed by atoms with E-state index in [2.05, 4.69) is 9.97 Å². The molecule has 3 N–H and O–H groups in total. The van der Waals surface area contributed by atoms with E-state index < -0.39 is 42.1 Å². The van der Waals surface area contributed by atoms with Gasteiger partial charge in [-0.15, -0.1) is 0 Å². The second kappa shape index (κ2) is 9.03. The highest BCUT2D eigenvalue weighted by atomic mass is 19.4. The highest BCUT2D eigenvalue weighted by Crippen LogP contribution is 2.37. The minimum Gasteiger partial charge on any atom is -0.385 e. The lowest BCUT2D eigenvalue weighted by Crippen LogP contribution is -2.55. The molecular weight excluding hydrogens is 471 g/mol. The van der Waals surface area contributed by atoms with Gasteiger partial charge in [-0.1, -0.05) is 0 Å². The number of aliphatic hydroxyl groups excluding tert-OH is 1. The molecule has 0 spiro atoms. The third-order valence-electron chi connectivity index (χ3n) is 6.24. The molecule has 1 amide bonds. The average molecular weight is 494 g/mol. The first-order valence-corrected chi connectivity index (χ1v) is 10.9. The highest BCUT2D eigenvalue weighted by molar-refractivity contribution is 5.98. The van der Waals surface area contributed by atoms with Gasteiger partial charge in [0.25, 0.3) is 11.8 Å². The molecule has 0 unspecified atom stereocenters. The lowest BCUT2D eigenvalue weighted by Gasteiger charge is -2.41. The highest BCUT2D eigenvalue weighted by Gasteiger charge is 2.49. The van der Waals surface area contributed by atoms with Crippen LogP contribution in [0.4, 0.5) is 27.8 Å². The van der Waals surface area contributed by atoms with E-state index in [1.54, 1.807) is 19.1 Å². The number of benzene rings is 1. The molecule has 35 heavy (non-hydrogen) atoms. The van der Waals surface area contributed by atoms with Crippen molar-refractivity contribution in [1.29, 1.82) is 0 Å². The van der Waals surface area contributed by atoms with Crippen molar-refractivity contribution in [2.24, 2.45) is 0 Å². The summed E-state index contributed by atoms with van der Waals surface area (Å²) in [6.07, 6.45) is -6.44. The van der Waals surface area contributed by atoms with Gasteiger partial charge in [-0.25, -0.2) is 13.8 Å². The Bertz CT molecular complexity index is 1250. The molecule has 2 heterocycles. The summed E-state index contributed by atoms with van der Waals surface area (Å²) in [6.45, 7) is 1.39. The molecule has 4 rings (SSSR count). The number of alkyl halides is 5. The van der Waals surface area contributed by atoms with E-state index >= 15 is 0 Å². The molecule has 0 bridgehead atoms. The molecule has 0 radical (unpaired) electrons. The van der Waals surface area contributed by atoms with Crippen molar-refractivity contribution in [1.82, 2.24) is 14.9 Å². The molecule has 1 saturated carbocycles. The smallest absolute Gasteiger partial charge is 0.385 e. The van der Waals surface area contributed by atoms with Gasteiger partial charge in [-0.05, 0) is 61.7 Å². The van der Waals surface area contributed by atoms with Gasteiger partial charge in [0.05, 0.1) is 29.4 Å². The predicted molar refractivity (Wildman–Crippen MR) is 119 cm³/mol. The maximum Gasteiger partial charge on any atom is 0.417 e. The molecule has 1 aromatic carbocycles. The number of nitrogens with zero attached hydrogens (tertiary/aromatic N) is 3. The van der Waals surface area contributed by atoms with Crippen molar-refractivity contribution in [3.8, 4) is 0 Å². The van der Waals surface area contributed by atoms with Crippen LogP contribution in [0.15, 0.2) is 42.6 Å². The Balaban J connectivity index is 1.71. The van der Waals surface area contributed by atoms with Gasteiger partial charge in [-0.3, -0.25) is 9.78 Å². The zero-order valence-corrected chi connectivity index (χ0v) is 18.7. The molecule has 1 aliphatic carbocycles. The standard InChI is InChI=1S/C24H23F5N4O2/c1-13-9-15-10-14(4-7-18(15)32-21(13)30)22(35)33(19-3-2-8-23(25,26)20(19)34)12-17-6-5-16(11-31-17)24(27,28)29/h4-7,9-11,19-20,34H,2-3,8,12H2,1H3,(H2,30,32)/t19-,20+/m1/s1. The monoisotopic (exact) mass is 494 g/mol. The zero-order valence-electron chi connectivity index (χ0n) is 18.7. The van der Waals surface area contributed by atoms with Crippen molar-refractivity contribution in [3.63, 3.8) is 0 Å². The van der Waals surface area contributed by atoms with Crippen LogP contribution in [0.1, 0.15) is 46.4 Å². The van der Waals surface area contributed by atoms with Crippen molar-refractivity contribution in [2.45, 2.75) is 57.0 Å². The Hall–Kier alpha value is -3.34. The number of carbonyl (C=O) groups is 1. The van der Waals surface area contributed by atoms with Crippen molar-refractivity contribution >= 4 is 22.6 Å². The van der Waals surface area contributed by atoms with Crippen LogP contribution < -0.4 is 5.73 Å². The molecule has 1 fully saturated rings. The van der Waals surface area contributed by atoms with Crippen LogP contribution in [-0.4, -0.2) is 43.9 Å². The quantitative estimate of drug-likeness (QED) is 0.512. The van der Waals surface area contributed by atoms with Crippen LogP contribution in [0.25, 0.3) is 10.9 Å². The van der Waals surface area contributed by atoms with Crippen molar-refractivity contribution in [3.05, 3.63) is 65.0 Å². The largest absolute Gasteiger partial charge is 0.417 e. The number of hydrogen-bond donors (Lipinski definition) is 2. The summed E-state index contributed by atoms with van der Waals surface area (Å²) in [5.74, 6) is -3.74. The summed E-state index contributed by atoms with van der Waals surface area (Å²) in [7, 11) is 0. The van der Waals surface area contributed by atoms with Crippen LogP contribution >= 0.6 is 0 Å². The number of aryl methyl sites for hydroxylation is 1. The Morgan fingerprint density at radius 2 is 1.97 bits per heavy atom. The maximum absolute atomic E-state index is 14.3. The molecule has 3 aromatic rings. The van der Waals surface area contributed by atoms with E-state index in [9.17, 15) is 31.9 Å². The van der Waals surface area contributed by atoms with E-state index in [0.29, 0.717) is 28.5 Å². The SMILES string of the molecule is Cc1cc2cc(C(=O)N(Cc3ccc(C(F)(F)F)cn3)[C@@H]3CCCC(F)(F)[C@H]3O)ccc2nc1N. The molecule has 2 aromatic heterocycles. The normalized spacial score (nSPS) is 20.1. The number of aromatic nitrogens is 2. The van der Waals surface area contributed by atoms with Gasteiger partial charge < -0.3 is 15.7 Å². The third kappa shape index (κ3) is 5.04. The Morgan fingerprint density at radius 3 is 2.63 bits per heavy atom. The van der Waals surface area contributed by atoms with Gasteiger partial charge in [0.1, 0.15) is 11.9 Å². The van der Waals surface area contributed by atoms with Gasteiger partial charge in [0.2, 0.25) is 0 Å². The number of halogens is 5. The van der Waals surface area contributed by atoms with E-state index in [1.807, 2.05) is 0 Å². The number of pyridine rings is 2. The second-order valence-electron chi connectivity index (χ2n) is 8.73. The number of hydrogen-bond acceptors (Lipinski definition) is 5. The Morgan fingerprint density at radius 1 is 1.23 bits per heavy atom. The zero-order chi connectivity index (χ0) is 25.5. The average Bonchev–Trinajstić information content (AvgIpc) is 2.79. The number of anilines is 1. The first-order valence-electron chi connectivity index (χ1n) is 10.9.